The van der Waals surface area contributed by atoms with Crippen LogP contribution >= 0.6 is 0 Å². The van der Waals surface area contributed by atoms with Gasteiger partial charge in [0.05, 0.1) is 18.7 Å². The molecule has 0 unspecified atom stereocenters. The van der Waals surface area contributed by atoms with E-state index in [9.17, 15) is 14.4 Å². The first-order valence-corrected chi connectivity index (χ1v) is 7.20. The second kappa shape index (κ2) is 7.40. The second-order valence-electron chi connectivity index (χ2n) is 5.22. The molecule has 0 aliphatic carbocycles. The van der Waals surface area contributed by atoms with Gasteiger partial charge in [-0.1, -0.05) is 18.2 Å². The van der Waals surface area contributed by atoms with Crippen molar-refractivity contribution in [3.63, 3.8) is 0 Å². The zero-order valence-corrected chi connectivity index (χ0v) is 12.7. The van der Waals surface area contributed by atoms with Crippen molar-refractivity contribution in [3.8, 4) is 6.07 Å². The first kappa shape index (κ1) is 16.5. The van der Waals surface area contributed by atoms with Gasteiger partial charge in [0.15, 0.2) is 0 Å². The lowest BCUT2D eigenvalue weighted by Crippen LogP contribution is -2.50. The van der Waals surface area contributed by atoms with Crippen LogP contribution in [-0.2, 0) is 25.5 Å². The molecule has 1 aromatic rings. The molecule has 2 N–H and O–H groups in total. The molecule has 0 spiro atoms. The third-order valence-corrected chi connectivity index (χ3v) is 3.68. The smallest absolute Gasteiger partial charge is 0.328 e. The third kappa shape index (κ3) is 4.07. The van der Waals surface area contributed by atoms with Crippen LogP contribution in [-0.4, -0.2) is 37.0 Å². The number of carbonyl (C=O) groups excluding carboxylic acids is 3. The van der Waals surface area contributed by atoms with Crippen LogP contribution in [0.25, 0.3) is 0 Å². The van der Waals surface area contributed by atoms with Crippen LogP contribution in [0.2, 0.25) is 0 Å². The minimum absolute atomic E-state index is 0.142. The number of nitrogens with zero attached hydrogens (tertiary/aromatic N) is 1. The fourth-order valence-electron chi connectivity index (χ4n) is 2.45. The normalized spacial score (nSPS) is 17.7. The number of hydrogen-bond donors (Lipinski definition) is 2. The Kier molecular flexibility index (Phi) is 5.31. The van der Waals surface area contributed by atoms with Gasteiger partial charge in [0.25, 0.3) is 0 Å². The average Bonchev–Trinajstić information content (AvgIpc) is 3.00. The van der Waals surface area contributed by atoms with Crippen LogP contribution in [0.15, 0.2) is 24.3 Å². The molecule has 1 aliphatic heterocycles. The Morgan fingerprint density at radius 3 is 2.83 bits per heavy atom. The molecular formula is C16H17N3O4. The number of rotatable bonds is 5. The van der Waals surface area contributed by atoms with E-state index in [1.54, 1.807) is 24.3 Å². The molecule has 1 aromatic carbocycles. The Hall–Kier alpha value is -2.88. The highest BCUT2D eigenvalue weighted by molar-refractivity contribution is 5.93. The van der Waals surface area contributed by atoms with Crippen LogP contribution < -0.4 is 10.6 Å². The molecule has 1 fully saturated rings. The monoisotopic (exact) mass is 315 g/mol. The summed E-state index contributed by atoms with van der Waals surface area (Å²) in [7, 11) is 1.23. The van der Waals surface area contributed by atoms with Crippen LogP contribution in [0.1, 0.15) is 24.0 Å². The summed E-state index contributed by atoms with van der Waals surface area (Å²) < 4.78 is 4.72. The maximum Gasteiger partial charge on any atom is 0.328 e. The molecule has 0 aromatic heterocycles. The van der Waals surface area contributed by atoms with Gasteiger partial charge in [-0.15, -0.1) is 0 Å². The summed E-state index contributed by atoms with van der Waals surface area (Å²) in [5.74, 6) is -1.22. The lowest BCUT2D eigenvalue weighted by Gasteiger charge is -2.19. The van der Waals surface area contributed by atoms with E-state index in [0.29, 0.717) is 17.5 Å². The molecule has 1 heterocycles. The molecule has 2 rings (SSSR count). The van der Waals surface area contributed by atoms with E-state index in [1.165, 1.54) is 7.11 Å². The lowest BCUT2D eigenvalue weighted by molar-refractivity contribution is -0.145. The quantitative estimate of drug-likeness (QED) is 0.746. The van der Waals surface area contributed by atoms with E-state index < -0.39 is 24.0 Å². The second-order valence-corrected chi connectivity index (χ2v) is 5.22. The summed E-state index contributed by atoms with van der Waals surface area (Å²) in [5, 5.41) is 14.2. The van der Waals surface area contributed by atoms with Crippen molar-refractivity contribution in [2.45, 2.75) is 31.3 Å². The molecule has 2 amide bonds. The van der Waals surface area contributed by atoms with Gasteiger partial charge < -0.3 is 15.4 Å². The van der Waals surface area contributed by atoms with E-state index in [2.05, 4.69) is 16.7 Å². The maximum absolute atomic E-state index is 12.2. The van der Waals surface area contributed by atoms with Crippen LogP contribution in [0.4, 0.5) is 0 Å². The Morgan fingerprint density at radius 2 is 2.22 bits per heavy atom. The number of amides is 2. The highest BCUT2D eigenvalue weighted by atomic mass is 16.5. The number of ether oxygens (including phenoxy) is 1. The summed E-state index contributed by atoms with van der Waals surface area (Å²) in [4.78, 5) is 35.3. The number of carbonyl (C=O) groups is 3. The molecule has 0 saturated carbocycles. The van der Waals surface area contributed by atoms with Crippen molar-refractivity contribution >= 4 is 17.8 Å². The number of esters is 1. The molecule has 1 saturated heterocycles. The summed E-state index contributed by atoms with van der Waals surface area (Å²) >= 11 is 0. The van der Waals surface area contributed by atoms with Gasteiger partial charge in [-0.2, -0.15) is 5.26 Å². The van der Waals surface area contributed by atoms with Gasteiger partial charge in [0.2, 0.25) is 11.8 Å². The van der Waals surface area contributed by atoms with Crippen molar-refractivity contribution in [2.24, 2.45) is 0 Å². The van der Waals surface area contributed by atoms with Gasteiger partial charge in [-0.25, -0.2) is 4.79 Å². The predicted molar refractivity (Wildman–Crippen MR) is 80.0 cm³/mol. The van der Waals surface area contributed by atoms with Crippen molar-refractivity contribution in [2.75, 3.05) is 7.11 Å². The molecule has 7 heteroatoms. The van der Waals surface area contributed by atoms with E-state index in [0.717, 1.165) is 0 Å². The van der Waals surface area contributed by atoms with Gasteiger partial charge in [-0.05, 0) is 18.1 Å². The zero-order chi connectivity index (χ0) is 16.8. The van der Waals surface area contributed by atoms with E-state index in [-0.39, 0.29) is 18.7 Å². The highest BCUT2D eigenvalue weighted by Gasteiger charge is 2.31. The molecule has 0 radical (unpaired) electrons. The van der Waals surface area contributed by atoms with E-state index >= 15 is 0 Å². The Morgan fingerprint density at radius 1 is 1.48 bits per heavy atom. The maximum atomic E-state index is 12.2. The molecule has 2 atom stereocenters. The molecule has 7 nitrogen and oxygen atoms in total. The summed E-state index contributed by atoms with van der Waals surface area (Å²) in [5.41, 5.74) is 1.07. The molecule has 1 aliphatic rings. The molecular weight excluding hydrogens is 298 g/mol. The van der Waals surface area contributed by atoms with Crippen LogP contribution in [0.3, 0.4) is 0 Å². The summed E-state index contributed by atoms with van der Waals surface area (Å²) in [6, 6.07) is 7.33. The van der Waals surface area contributed by atoms with Crippen LogP contribution in [0, 0.1) is 11.3 Å². The lowest BCUT2D eigenvalue weighted by atomic mass is 10.0. The number of benzene rings is 1. The minimum Gasteiger partial charge on any atom is -0.467 e. The summed E-state index contributed by atoms with van der Waals surface area (Å²) in [6.07, 6.45) is 0.828. The SMILES string of the molecule is COC(=O)[C@H](Cc1ccccc1C#N)NC(=O)[C@@H]1CCC(=O)N1. The van der Waals surface area contributed by atoms with Gasteiger partial charge in [-0.3, -0.25) is 9.59 Å². The Labute approximate surface area is 133 Å². The van der Waals surface area contributed by atoms with Gasteiger partial charge in [0, 0.05) is 12.8 Å². The predicted octanol–water partition coefficient (Wildman–Crippen LogP) is 0.0372. The minimum atomic E-state index is -0.917. The Balaban J connectivity index is 2.11. The zero-order valence-electron chi connectivity index (χ0n) is 12.7. The van der Waals surface area contributed by atoms with Gasteiger partial charge >= 0.3 is 5.97 Å². The fraction of sp³-hybridized carbons (Fsp3) is 0.375. The van der Waals surface area contributed by atoms with Crippen molar-refractivity contribution in [1.29, 1.82) is 5.26 Å². The number of methoxy groups -OCH3 is 1. The van der Waals surface area contributed by atoms with Crippen molar-refractivity contribution in [3.05, 3.63) is 35.4 Å². The number of nitriles is 1. The first-order chi connectivity index (χ1) is 11.0. The standard InChI is InChI=1S/C16H17N3O4/c1-23-16(22)13(8-10-4-2-3-5-11(10)9-17)19-15(21)12-6-7-14(20)18-12/h2-5,12-13H,6-8H2,1H3,(H,18,20)(H,19,21)/t12-,13-/m0/s1. The summed E-state index contributed by atoms with van der Waals surface area (Å²) in [6.45, 7) is 0. The molecule has 23 heavy (non-hydrogen) atoms. The molecule has 0 bridgehead atoms. The van der Waals surface area contributed by atoms with E-state index in [1.807, 2.05) is 0 Å². The van der Waals surface area contributed by atoms with E-state index in [4.69, 9.17) is 10.00 Å². The third-order valence-electron chi connectivity index (χ3n) is 3.68. The van der Waals surface area contributed by atoms with Crippen molar-refractivity contribution in [1.82, 2.24) is 10.6 Å². The molecule has 120 valence electrons. The Bertz CT molecular complexity index is 666. The number of hydrogen-bond acceptors (Lipinski definition) is 5. The first-order valence-electron chi connectivity index (χ1n) is 7.20. The largest absolute Gasteiger partial charge is 0.467 e. The topological polar surface area (TPSA) is 108 Å². The fourth-order valence-corrected chi connectivity index (χ4v) is 2.45. The van der Waals surface area contributed by atoms with Crippen molar-refractivity contribution < 1.29 is 19.1 Å². The average molecular weight is 315 g/mol. The highest BCUT2D eigenvalue weighted by Crippen LogP contribution is 2.12. The number of nitrogens with one attached hydrogen (secondary N) is 2. The van der Waals surface area contributed by atoms with Crippen LogP contribution in [0.5, 0.6) is 0 Å². The van der Waals surface area contributed by atoms with Gasteiger partial charge in [0.1, 0.15) is 12.1 Å².